The molecule has 0 spiro atoms. The Labute approximate surface area is 99.9 Å². The molecule has 1 heterocycles. The number of hydrogen-bond acceptors (Lipinski definition) is 2. The summed E-state index contributed by atoms with van der Waals surface area (Å²) in [6.07, 6.45) is 1.58. The summed E-state index contributed by atoms with van der Waals surface area (Å²) in [5, 5.41) is 9.96. The zero-order chi connectivity index (χ0) is 12.5. The van der Waals surface area contributed by atoms with Crippen molar-refractivity contribution in [3.05, 3.63) is 35.6 Å². The smallest absolute Gasteiger partial charge is 0.254 e. The van der Waals surface area contributed by atoms with Crippen LogP contribution in [-0.2, 0) is 0 Å². The summed E-state index contributed by atoms with van der Waals surface area (Å²) < 4.78 is 13.0. The lowest BCUT2D eigenvalue weighted by Gasteiger charge is -2.46. The number of halogens is 1. The van der Waals surface area contributed by atoms with Gasteiger partial charge in [-0.1, -0.05) is 19.4 Å². The Balaban J connectivity index is 2.00. The van der Waals surface area contributed by atoms with Gasteiger partial charge in [0.1, 0.15) is 5.82 Å². The molecule has 4 heteroatoms. The van der Waals surface area contributed by atoms with E-state index in [-0.39, 0.29) is 5.91 Å². The zero-order valence-corrected chi connectivity index (χ0v) is 9.82. The second-order valence-corrected chi connectivity index (χ2v) is 4.65. The molecular formula is C13H16FNO2. The van der Waals surface area contributed by atoms with Gasteiger partial charge in [0.25, 0.3) is 5.91 Å². The highest BCUT2D eigenvalue weighted by Gasteiger charge is 2.42. The molecule has 92 valence electrons. The van der Waals surface area contributed by atoms with Crippen molar-refractivity contribution in [3.8, 4) is 0 Å². The average Bonchev–Trinajstić information content (AvgIpc) is 2.25. The van der Waals surface area contributed by atoms with Crippen LogP contribution >= 0.6 is 0 Å². The molecule has 1 aromatic rings. The van der Waals surface area contributed by atoms with E-state index in [4.69, 9.17) is 0 Å². The summed E-state index contributed by atoms with van der Waals surface area (Å²) in [6.45, 7) is 2.68. The molecule has 0 aliphatic carbocycles. The third-order valence-electron chi connectivity index (χ3n) is 3.04. The molecule has 3 nitrogen and oxygen atoms in total. The lowest BCUT2D eigenvalue weighted by Crippen LogP contribution is -2.63. The fourth-order valence-corrected chi connectivity index (χ4v) is 2.24. The number of hydrogen-bond donors (Lipinski definition) is 1. The van der Waals surface area contributed by atoms with Crippen LogP contribution in [0.25, 0.3) is 0 Å². The maximum Gasteiger partial charge on any atom is 0.254 e. The molecule has 0 atom stereocenters. The predicted octanol–water partition coefficient (Wildman–Crippen LogP) is 1.81. The molecule has 1 N–H and O–H groups in total. The van der Waals surface area contributed by atoms with Gasteiger partial charge in [-0.05, 0) is 24.6 Å². The van der Waals surface area contributed by atoms with Crippen LogP contribution in [0.1, 0.15) is 30.1 Å². The monoisotopic (exact) mass is 237 g/mol. The highest BCUT2D eigenvalue weighted by molar-refractivity contribution is 5.94. The van der Waals surface area contributed by atoms with Crippen molar-refractivity contribution in [2.24, 2.45) is 0 Å². The van der Waals surface area contributed by atoms with Gasteiger partial charge in [-0.3, -0.25) is 4.79 Å². The van der Waals surface area contributed by atoms with Crippen molar-refractivity contribution in [1.82, 2.24) is 4.90 Å². The van der Waals surface area contributed by atoms with Crippen LogP contribution in [0, 0.1) is 5.82 Å². The molecule has 0 unspecified atom stereocenters. The van der Waals surface area contributed by atoms with E-state index in [0.717, 1.165) is 6.42 Å². The Hall–Kier alpha value is -1.42. The Kier molecular flexibility index (Phi) is 3.15. The van der Waals surface area contributed by atoms with E-state index >= 15 is 0 Å². The maximum absolute atomic E-state index is 13.0. The standard InChI is InChI=1S/C13H16FNO2/c1-2-6-13(17)8-15(9-13)12(16)10-4-3-5-11(14)7-10/h3-5,7,17H,2,6,8-9H2,1H3. The van der Waals surface area contributed by atoms with E-state index in [9.17, 15) is 14.3 Å². The van der Waals surface area contributed by atoms with E-state index in [1.165, 1.54) is 18.2 Å². The van der Waals surface area contributed by atoms with Crippen LogP contribution in [0.3, 0.4) is 0 Å². The fraction of sp³-hybridized carbons (Fsp3) is 0.462. The highest BCUT2D eigenvalue weighted by atomic mass is 19.1. The molecule has 0 bridgehead atoms. The molecule has 1 aliphatic rings. The molecule has 1 aromatic carbocycles. The number of β-amino-alcohol motifs (C(OH)–C–C–N with tert-alkyl or cyclic N) is 1. The number of likely N-dealkylation sites (tertiary alicyclic amines) is 1. The number of rotatable bonds is 3. The first-order chi connectivity index (χ1) is 8.04. The predicted molar refractivity (Wildman–Crippen MR) is 62.2 cm³/mol. The number of carbonyl (C=O) groups excluding carboxylic acids is 1. The Morgan fingerprint density at radius 1 is 1.53 bits per heavy atom. The van der Waals surface area contributed by atoms with Crippen LogP contribution in [0.4, 0.5) is 4.39 Å². The third kappa shape index (κ3) is 2.47. The van der Waals surface area contributed by atoms with E-state index in [1.807, 2.05) is 6.92 Å². The van der Waals surface area contributed by atoms with Gasteiger partial charge in [0, 0.05) is 5.56 Å². The van der Waals surface area contributed by atoms with Gasteiger partial charge >= 0.3 is 0 Å². The zero-order valence-electron chi connectivity index (χ0n) is 9.82. The summed E-state index contributed by atoms with van der Waals surface area (Å²) in [4.78, 5) is 13.5. The van der Waals surface area contributed by atoms with E-state index in [2.05, 4.69) is 0 Å². The van der Waals surface area contributed by atoms with Crippen LogP contribution < -0.4 is 0 Å². The number of carbonyl (C=O) groups is 1. The summed E-state index contributed by atoms with van der Waals surface area (Å²) in [6, 6.07) is 5.63. The first kappa shape index (κ1) is 12.0. The van der Waals surface area contributed by atoms with Crippen molar-refractivity contribution >= 4 is 5.91 Å². The van der Waals surface area contributed by atoms with Crippen molar-refractivity contribution in [2.75, 3.05) is 13.1 Å². The second kappa shape index (κ2) is 4.45. The number of nitrogens with zero attached hydrogens (tertiary/aromatic N) is 1. The summed E-state index contributed by atoms with van der Waals surface area (Å²) in [5.41, 5.74) is -0.402. The summed E-state index contributed by atoms with van der Waals surface area (Å²) >= 11 is 0. The largest absolute Gasteiger partial charge is 0.386 e. The molecule has 1 fully saturated rings. The van der Waals surface area contributed by atoms with Gasteiger partial charge < -0.3 is 10.0 Å². The van der Waals surface area contributed by atoms with Crippen molar-refractivity contribution in [2.45, 2.75) is 25.4 Å². The van der Waals surface area contributed by atoms with Gasteiger partial charge in [-0.15, -0.1) is 0 Å². The normalized spacial score (nSPS) is 17.7. The minimum absolute atomic E-state index is 0.217. The minimum Gasteiger partial charge on any atom is -0.386 e. The van der Waals surface area contributed by atoms with Crippen molar-refractivity contribution in [1.29, 1.82) is 0 Å². The number of amides is 1. The summed E-state index contributed by atoms with van der Waals surface area (Å²) in [5.74, 6) is -0.634. The molecular weight excluding hydrogens is 221 g/mol. The Morgan fingerprint density at radius 2 is 2.24 bits per heavy atom. The SMILES string of the molecule is CCCC1(O)CN(C(=O)c2cccc(F)c2)C1. The molecule has 1 amide bonds. The average molecular weight is 237 g/mol. The fourth-order valence-electron chi connectivity index (χ4n) is 2.24. The van der Waals surface area contributed by atoms with Gasteiger partial charge in [0.15, 0.2) is 0 Å². The first-order valence-corrected chi connectivity index (χ1v) is 5.81. The lowest BCUT2D eigenvalue weighted by atomic mass is 9.89. The van der Waals surface area contributed by atoms with E-state index in [0.29, 0.717) is 25.1 Å². The molecule has 0 radical (unpaired) electrons. The molecule has 1 saturated heterocycles. The van der Waals surface area contributed by atoms with Gasteiger partial charge in [-0.2, -0.15) is 0 Å². The minimum atomic E-state index is -0.738. The van der Waals surface area contributed by atoms with E-state index < -0.39 is 11.4 Å². The van der Waals surface area contributed by atoms with Crippen LogP contribution in [0.5, 0.6) is 0 Å². The second-order valence-electron chi connectivity index (χ2n) is 4.65. The molecule has 0 saturated carbocycles. The lowest BCUT2D eigenvalue weighted by molar-refractivity contribution is -0.0860. The molecule has 0 aromatic heterocycles. The number of benzene rings is 1. The highest BCUT2D eigenvalue weighted by Crippen LogP contribution is 2.27. The number of aliphatic hydroxyl groups is 1. The summed E-state index contributed by atoms with van der Waals surface area (Å²) in [7, 11) is 0. The molecule has 1 aliphatic heterocycles. The first-order valence-electron chi connectivity index (χ1n) is 5.81. The van der Waals surface area contributed by atoms with Crippen molar-refractivity contribution in [3.63, 3.8) is 0 Å². The van der Waals surface area contributed by atoms with Crippen molar-refractivity contribution < 1.29 is 14.3 Å². The quantitative estimate of drug-likeness (QED) is 0.871. The maximum atomic E-state index is 13.0. The molecule has 2 rings (SSSR count). The van der Waals surface area contributed by atoms with Gasteiger partial charge in [-0.25, -0.2) is 4.39 Å². The third-order valence-corrected chi connectivity index (χ3v) is 3.04. The Bertz CT molecular complexity index is 427. The van der Waals surface area contributed by atoms with Crippen LogP contribution in [0.15, 0.2) is 24.3 Å². The van der Waals surface area contributed by atoms with E-state index in [1.54, 1.807) is 11.0 Å². The molecule has 17 heavy (non-hydrogen) atoms. The van der Waals surface area contributed by atoms with Crippen LogP contribution in [-0.4, -0.2) is 34.6 Å². The van der Waals surface area contributed by atoms with Gasteiger partial charge in [0.2, 0.25) is 0 Å². The topological polar surface area (TPSA) is 40.5 Å². The van der Waals surface area contributed by atoms with Crippen LogP contribution in [0.2, 0.25) is 0 Å². The van der Waals surface area contributed by atoms with Gasteiger partial charge in [0.05, 0.1) is 18.7 Å². The Morgan fingerprint density at radius 3 is 2.82 bits per heavy atom.